The van der Waals surface area contributed by atoms with E-state index in [1.54, 1.807) is 23.1 Å². The summed E-state index contributed by atoms with van der Waals surface area (Å²) in [6.45, 7) is 5.22. The number of hydrogen-bond donors (Lipinski definition) is 1. The second-order valence-electron chi connectivity index (χ2n) is 8.55. The van der Waals surface area contributed by atoms with Gasteiger partial charge in [0.2, 0.25) is 0 Å². The van der Waals surface area contributed by atoms with E-state index in [0.29, 0.717) is 35.7 Å². The van der Waals surface area contributed by atoms with Crippen molar-refractivity contribution in [1.82, 2.24) is 15.2 Å². The molecule has 7 nitrogen and oxygen atoms in total. The first kappa shape index (κ1) is 26.7. The van der Waals surface area contributed by atoms with E-state index < -0.39 is 23.9 Å². The predicted octanol–water partition coefficient (Wildman–Crippen LogP) is 5.29. The van der Waals surface area contributed by atoms with Gasteiger partial charge in [-0.2, -0.15) is 18.4 Å². The smallest absolute Gasteiger partial charge is 0.315 e. The van der Waals surface area contributed by atoms with Crippen LogP contribution >= 0.6 is 11.8 Å². The van der Waals surface area contributed by atoms with E-state index in [2.05, 4.69) is 16.4 Å². The third kappa shape index (κ3) is 5.22. The van der Waals surface area contributed by atoms with E-state index in [-0.39, 0.29) is 30.9 Å². The van der Waals surface area contributed by atoms with Gasteiger partial charge in [-0.15, -0.1) is 11.8 Å². The Bertz CT molecular complexity index is 1290. The zero-order valence-electron chi connectivity index (χ0n) is 20.4. The number of nitrogens with one attached hydrogen (secondary N) is 1. The van der Waals surface area contributed by atoms with Crippen molar-refractivity contribution in [3.63, 3.8) is 0 Å². The lowest BCUT2D eigenvalue weighted by atomic mass is 9.92. The number of pyridine rings is 1. The summed E-state index contributed by atoms with van der Waals surface area (Å²) in [5.74, 6) is 0.566. The summed E-state index contributed by atoms with van der Waals surface area (Å²) in [6, 6.07) is 8.29. The number of allylic oxidation sites excluding steroid dienone is 1. The van der Waals surface area contributed by atoms with Crippen molar-refractivity contribution < 1.29 is 22.8 Å². The number of nitrogens with zero attached hydrogens (tertiary/aromatic N) is 4. The van der Waals surface area contributed by atoms with Crippen LogP contribution in [0.15, 0.2) is 52.7 Å². The van der Waals surface area contributed by atoms with Gasteiger partial charge in [0, 0.05) is 41.9 Å². The highest BCUT2D eigenvalue weighted by molar-refractivity contribution is 7.99. The average Bonchev–Trinajstić information content (AvgIpc) is 3.25. The second-order valence-corrected chi connectivity index (χ2v) is 9.85. The van der Waals surface area contributed by atoms with Gasteiger partial charge in [0.1, 0.15) is 5.69 Å². The van der Waals surface area contributed by atoms with E-state index in [0.717, 1.165) is 22.7 Å². The fourth-order valence-electron chi connectivity index (χ4n) is 4.73. The Morgan fingerprint density at radius 2 is 1.97 bits per heavy atom. The number of amides is 2. The third-order valence-electron chi connectivity index (χ3n) is 6.30. The lowest BCUT2D eigenvalue weighted by Gasteiger charge is -2.43. The minimum absolute atomic E-state index is 0.0180. The Morgan fingerprint density at radius 1 is 1.19 bits per heavy atom. The number of benzene rings is 1. The van der Waals surface area contributed by atoms with Gasteiger partial charge in [-0.05, 0) is 48.5 Å². The number of likely N-dealkylation sites (N-methyl/N-ethyl adjacent to an activating group) is 1. The summed E-state index contributed by atoms with van der Waals surface area (Å²) in [5, 5.41) is 12.6. The standard InChI is InChI=1S/C26H26F3N5O2S/c1-3-31-11-12-33-24(18-6-5-16(15-30)13-21(18)37-4-2)23-19(7-8-20(23)35)34(25(33)36)17-9-10-32-22(14-17)26(27,28)29/h5-6,9-10,13-14,24,31H,3-4,7-8,11-12H2,1-2H3. The molecule has 1 aliphatic carbocycles. The second kappa shape index (κ2) is 10.9. The van der Waals surface area contributed by atoms with E-state index in [1.165, 1.54) is 22.7 Å². The third-order valence-corrected chi connectivity index (χ3v) is 7.25. The van der Waals surface area contributed by atoms with Crippen LogP contribution in [-0.4, -0.2) is 47.1 Å². The molecule has 0 bridgehead atoms. The van der Waals surface area contributed by atoms with Crippen LogP contribution < -0.4 is 10.2 Å². The van der Waals surface area contributed by atoms with Crippen molar-refractivity contribution in [2.24, 2.45) is 0 Å². The van der Waals surface area contributed by atoms with E-state index >= 15 is 0 Å². The van der Waals surface area contributed by atoms with Gasteiger partial charge in [0.25, 0.3) is 0 Å². The first-order chi connectivity index (χ1) is 17.7. The van der Waals surface area contributed by atoms with Crippen molar-refractivity contribution in [3.05, 3.63) is 64.6 Å². The number of urea groups is 1. The number of carbonyl (C=O) groups excluding carboxylic acids is 2. The molecular weight excluding hydrogens is 503 g/mol. The highest BCUT2D eigenvalue weighted by Crippen LogP contribution is 2.47. The molecule has 194 valence electrons. The Balaban J connectivity index is 1.92. The molecule has 2 aromatic rings. The first-order valence-corrected chi connectivity index (χ1v) is 13.0. The number of rotatable bonds is 8. The largest absolute Gasteiger partial charge is 0.433 e. The molecular formula is C26H26F3N5O2S. The Kier molecular flexibility index (Phi) is 7.90. The van der Waals surface area contributed by atoms with E-state index in [9.17, 15) is 28.0 Å². The normalized spacial score (nSPS) is 17.9. The molecule has 0 saturated heterocycles. The number of carbonyl (C=O) groups is 2. The number of hydrogen-bond acceptors (Lipinski definition) is 6. The molecule has 1 N–H and O–H groups in total. The van der Waals surface area contributed by atoms with Gasteiger partial charge < -0.3 is 10.2 Å². The minimum Gasteiger partial charge on any atom is -0.315 e. The van der Waals surface area contributed by atoms with Crippen LogP contribution in [0.5, 0.6) is 0 Å². The maximum Gasteiger partial charge on any atom is 0.433 e. The molecule has 1 aromatic heterocycles. The summed E-state index contributed by atoms with van der Waals surface area (Å²) in [5.41, 5.74) is 0.915. The molecule has 2 aliphatic rings. The highest BCUT2D eigenvalue weighted by Gasteiger charge is 2.46. The van der Waals surface area contributed by atoms with Gasteiger partial charge in [-0.25, -0.2) is 4.79 Å². The van der Waals surface area contributed by atoms with Crippen LogP contribution in [0.3, 0.4) is 0 Å². The van der Waals surface area contributed by atoms with Crippen molar-refractivity contribution in [1.29, 1.82) is 5.26 Å². The van der Waals surface area contributed by atoms with Crippen molar-refractivity contribution in [3.8, 4) is 6.07 Å². The van der Waals surface area contributed by atoms with Crippen LogP contribution in [0.25, 0.3) is 0 Å². The van der Waals surface area contributed by atoms with Crippen LogP contribution in [-0.2, 0) is 11.0 Å². The molecule has 0 radical (unpaired) electrons. The molecule has 0 saturated carbocycles. The maximum atomic E-state index is 14.0. The lowest BCUT2D eigenvalue weighted by molar-refractivity contribution is -0.141. The molecule has 1 aromatic carbocycles. The summed E-state index contributed by atoms with van der Waals surface area (Å²) in [7, 11) is 0. The molecule has 4 rings (SSSR count). The van der Waals surface area contributed by atoms with Gasteiger partial charge >= 0.3 is 12.2 Å². The fraction of sp³-hybridized carbons (Fsp3) is 0.385. The Morgan fingerprint density at radius 3 is 2.65 bits per heavy atom. The van der Waals surface area contributed by atoms with E-state index in [4.69, 9.17) is 0 Å². The number of nitriles is 1. The molecule has 1 atom stereocenters. The van der Waals surface area contributed by atoms with Crippen LogP contribution in [0.2, 0.25) is 0 Å². The van der Waals surface area contributed by atoms with Crippen LogP contribution in [0.4, 0.5) is 23.7 Å². The zero-order chi connectivity index (χ0) is 26.7. The molecule has 0 fully saturated rings. The molecule has 1 unspecified atom stereocenters. The van der Waals surface area contributed by atoms with Crippen LogP contribution in [0.1, 0.15) is 49.6 Å². The molecule has 1 aliphatic heterocycles. The number of alkyl halides is 3. The highest BCUT2D eigenvalue weighted by atomic mass is 32.2. The van der Waals surface area contributed by atoms with Crippen molar-refractivity contribution in [2.75, 3.05) is 30.3 Å². The zero-order valence-corrected chi connectivity index (χ0v) is 21.2. The summed E-state index contributed by atoms with van der Waals surface area (Å²) in [6.07, 6.45) is -3.25. The predicted molar refractivity (Wildman–Crippen MR) is 134 cm³/mol. The first-order valence-electron chi connectivity index (χ1n) is 12.0. The summed E-state index contributed by atoms with van der Waals surface area (Å²) < 4.78 is 40.3. The number of ketones is 1. The molecule has 11 heteroatoms. The van der Waals surface area contributed by atoms with Gasteiger partial charge in [0.05, 0.1) is 23.4 Å². The molecule has 37 heavy (non-hydrogen) atoms. The van der Waals surface area contributed by atoms with Crippen molar-refractivity contribution >= 4 is 29.3 Å². The SMILES string of the molecule is CCNCCN1C(=O)N(c2ccnc(C(F)(F)F)c2)C2=C(C(=O)CC2)C1c1ccc(C#N)cc1SCC. The quantitative estimate of drug-likeness (QED) is 0.369. The number of aromatic nitrogens is 1. The van der Waals surface area contributed by atoms with E-state index in [1.807, 2.05) is 13.8 Å². The Labute approximate surface area is 217 Å². The van der Waals surface area contributed by atoms with Gasteiger partial charge in [-0.1, -0.05) is 19.9 Å². The number of Topliss-reactive ketones (excluding diaryl/α,β-unsaturated/α-hetero) is 1. The monoisotopic (exact) mass is 529 g/mol. The number of halogens is 3. The Hall–Kier alpha value is -3.36. The van der Waals surface area contributed by atoms with Gasteiger partial charge in [0.15, 0.2) is 5.78 Å². The minimum atomic E-state index is -4.68. The number of thioether (sulfide) groups is 1. The van der Waals surface area contributed by atoms with Crippen molar-refractivity contribution in [2.45, 2.75) is 43.8 Å². The lowest BCUT2D eigenvalue weighted by Crippen LogP contribution is -2.51. The fourth-order valence-corrected chi connectivity index (χ4v) is 5.60. The van der Waals surface area contributed by atoms with Gasteiger partial charge in [-0.3, -0.25) is 14.7 Å². The summed E-state index contributed by atoms with van der Waals surface area (Å²) in [4.78, 5) is 34.3. The molecule has 2 heterocycles. The summed E-state index contributed by atoms with van der Waals surface area (Å²) >= 11 is 1.51. The molecule has 2 amide bonds. The maximum absolute atomic E-state index is 14.0. The van der Waals surface area contributed by atoms with Crippen LogP contribution in [0, 0.1) is 11.3 Å². The topological polar surface area (TPSA) is 89.3 Å². The molecule has 0 spiro atoms. The average molecular weight is 530 g/mol. The number of anilines is 1.